The maximum atomic E-state index is 8.89. The van der Waals surface area contributed by atoms with Crippen molar-refractivity contribution in [1.82, 2.24) is 5.32 Å². The lowest BCUT2D eigenvalue weighted by atomic mass is 9.90. The van der Waals surface area contributed by atoms with Crippen molar-refractivity contribution in [2.75, 3.05) is 13.2 Å². The van der Waals surface area contributed by atoms with Crippen LogP contribution in [0.5, 0.6) is 0 Å². The lowest BCUT2D eigenvalue weighted by Gasteiger charge is -2.23. The summed E-state index contributed by atoms with van der Waals surface area (Å²) in [4.78, 5) is 0. The quantitative estimate of drug-likeness (QED) is 0.844. The smallest absolute Gasteiger partial charge is 0.0701 e. The molecule has 0 aromatic carbocycles. The van der Waals surface area contributed by atoms with Gasteiger partial charge >= 0.3 is 0 Å². The van der Waals surface area contributed by atoms with Gasteiger partial charge in [-0.05, 0) is 44.8 Å². The second-order valence-electron chi connectivity index (χ2n) is 4.50. The number of hydrogen-bond donors (Lipinski definition) is 2. The van der Waals surface area contributed by atoms with Crippen molar-refractivity contribution >= 4 is 27.3 Å². The fraction of sp³-hybridized carbons (Fsp3) is 0.636. The summed E-state index contributed by atoms with van der Waals surface area (Å²) in [6.07, 6.45) is 0.841. The fourth-order valence-corrected chi connectivity index (χ4v) is 2.58. The third-order valence-electron chi connectivity index (χ3n) is 2.34. The summed E-state index contributed by atoms with van der Waals surface area (Å²) in [5, 5.41) is 14.5. The van der Waals surface area contributed by atoms with E-state index < -0.39 is 0 Å². The third-order valence-corrected chi connectivity index (χ3v) is 3.90. The van der Waals surface area contributed by atoms with E-state index in [0.29, 0.717) is 0 Å². The third kappa shape index (κ3) is 5.11. The summed E-state index contributed by atoms with van der Waals surface area (Å²) in [5.41, 5.74) is 1.48. The monoisotopic (exact) mass is 291 g/mol. The minimum atomic E-state index is 0.169. The summed E-state index contributed by atoms with van der Waals surface area (Å²) in [6, 6.07) is 2.14. The van der Waals surface area contributed by atoms with Crippen molar-refractivity contribution in [1.29, 1.82) is 0 Å². The highest BCUT2D eigenvalue weighted by Gasteiger charge is 2.16. The van der Waals surface area contributed by atoms with E-state index in [1.54, 1.807) is 11.3 Å². The Morgan fingerprint density at radius 2 is 2.27 bits per heavy atom. The predicted octanol–water partition coefficient (Wildman–Crippen LogP) is 3.01. The van der Waals surface area contributed by atoms with Crippen LogP contribution in [0.4, 0.5) is 0 Å². The van der Waals surface area contributed by atoms with Gasteiger partial charge in [-0.15, -0.1) is 11.3 Å². The second-order valence-corrected chi connectivity index (χ2v) is 6.79. The molecule has 2 nitrogen and oxygen atoms in total. The first-order valence-electron chi connectivity index (χ1n) is 5.08. The molecular formula is C11H18BrNOS. The molecule has 0 unspecified atom stereocenters. The van der Waals surface area contributed by atoms with Crippen LogP contribution in [0.25, 0.3) is 0 Å². The Kier molecular flexibility index (Phi) is 5.26. The van der Waals surface area contributed by atoms with Gasteiger partial charge in [-0.1, -0.05) is 13.8 Å². The van der Waals surface area contributed by atoms with Gasteiger partial charge < -0.3 is 10.4 Å². The van der Waals surface area contributed by atoms with Crippen molar-refractivity contribution in [2.45, 2.75) is 26.8 Å². The molecule has 0 aliphatic heterocycles. The van der Waals surface area contributed by atoms with E-state index in [9.17, 15) is 0 Å². The number of aliphatic hydroxyl groups excluding tert-OH is 1. The largest absolute Gasteiger partial charge is 0.396 e. The van der Waals surface area contributed by atoms with Gasteiger partial charge in [0, 0.05) is 19.7 Å². The Bertz CT molecular complexity index is 299. The van der Waals surface area contributed by atoms with Gasteiger partial charge in [0.25, 0.3) is 0 Å². The van der Waals surface area contributed by atoms with E-state index in [1.165, 1.54) is 9.35 Å². The Hall–Kier alpha value is 0.100. The molecule has 0 spiro atoms. The SMILES string of the molecule is CC(C)(CCO)CNCc1csc(Br)c1. The maximum Gasteiger partial charge on any atom is 0.0701 e. The average Bonchev–Trinajstić information content (AvgIpc) is 2.51. The number of halogens is 1. The van der Waals surface area contributed by atoms with Gasteiger partial charge in [0.2, 0.25) is 0 Å². The summed E-state index contributed by atoms with van der Waals surface area (Å²) in [6.45, 7) is 6.43. The summed E-state index contributed by atoms with van der Waals surface area (Å²) < 4.78 is 1.17. The Morgan fingerprint density at radius 1 is 1.53 bits per heavy atom. The molecule has 0 aliphatic carbocycles. The molecule has 2 N–H and O–H groups in total. The highest BCUT2D eigenvalue weighted by Crippen LogP contribution is 2.21. The van der Waals surface area contributed by atoms with Gasteiger partial charge in [-0.25, -0.2) is 0 Å². The van der Waals surface area contributed by atoms with E-state index in [-0.39, 0.29) is 12.0 Å². The Labute approximate surface area is 104 Å². The van der Waals surface area contributed by atoms with Crippen LogP contribution in [0, 0.1) is 5.41 Å². The minimum Gasteiger partial charge on any atom is -0.396 e. The molecule has 1 aromatic heterocycles. The average molecular weight is 292 g/mol. The van der Waals surface area contributed by atoms with E-state index in [2.05, 4.69) is 46.5 Å². The molecule has 0 aliphatic rings. The fourth-order valence-electron chi connectivity index (χ4n) is 1.37. The van der Waals surface area contributed by atoms with E-state index >= 15 is 0 Å². The number of thiophene rings is 1. The topological polar surface area (TPSA) is 32.3 Å². The lowest BCUT2D eigenvalue weighted by molar-refractivity contribution is 0.207. The zero-order valence-electron chi connectivity index (χ0n) is 9.22. The minimum absolute atomic E-state index is 0.169. The van der Waals surface area contributed by atoms with E-state index in [4.69, 9.17) is 5.11 Å². The van der Waals surface area contributed by atoms with Crippen LogP contribution in [0.2, 0.25) is 0 Å². The first-order valence-corrected chi connectivity index (χ1v) is 6.75. The number of hydrogen-bond acceptors (Lipinski definition) is 3. The van der Waals surface area contributed by atoms with E-state index in [0.717, 1.165) is 19.5 Å². The van der Waals surface area contributed by atoms with Crippen LogP contribution in [-0.2, 0) is 6.54 Å². The summed E-state index contributed by atoms with van der Waals surface area (Å²) in [5.74, 6) is 0. The van der Waals surface area contributed by atoms with Gasteiger partial charge in [0.05, 0.1) is 3.79 Å². The molecule has 1 rings (SSSR count). The normalized spacial score (nSPS) is 12.0. The van der Waals surface area contributed by atoms with Crippen LogP contribution < -0.4 is 5.32 Å². The summed E-state index contributed by atoms with van der Waals surface area (Å²) in [7, 11) is 0. The summed E-state index contributed by atoms with van der Waals surface area (Å²) >= 11 is 5.16. The van der Waals surface area contributed by atoms with Crippen LogP contribution in [0.3, 0.4) is 0 Å². The highest BCUT2D eigenvalue weighted by atomic mass is 79.9. The van der Waals surface area contributed by atoms with Crippen molar-refractivity contribution < 1.29 is 5.11 Å². The molecule has 0 saturated heterocycles. The van der Waals surface area contributed by atoms with Crippen molar-refractivity contribution in [3.63, 3.8) is 0 Å². The zero-order chi connectivity index (χ0) is 11.3. The molecule has 0 bridgehead atoms. The maximum absolute atomic E-state index is 8.89. The molecule has 0 radical (unpaired) electrons. The predicted molar refractivity (Wildman–Crippen MR) is 69.2 cm³/mol. The van der Waals surface area contributed by atoms with Crippen molar-refractivity contribution in [2.24, 2.45) is 5.41 Å². The molecule has 1 aromatic rings. The van der Waals surface area contributed by atoms with Crippen molar-refractivity contribution in [3.05, 3.63) is 20.8 Å². The van der Waals surface area contributed by atoms with E-state index in [1.807, 2.05) is 0 Å². The zero-order valence-corrected chi connectivity index (χ0v) is 11.6. The molecule has 15 heavy (non-hydrogen) atoms. The Balaban J connectivity index is 2.27. The number of nitrogens with one attached hydrogen (secondary N) is 1. The first kappa shape index (κ1) is 13.2. The first-order chi connectivity index (χ1) is 7.03. The standard InChI is InChI=1S/C11H18BrNOS/c1-11(2,3-4-14)8-13-6-9-5-10(12)15-7-9/h5,7,13-14H,3-4,6,8H2,1-2H3. The van der Waals surface area contributed by atoms with Gasteiger partial charge in [-0.2, -0.15) is 0 Å². The van der Waals surface area contributed by atoms with Crippen LogP contribution in [0.15, 0.2) is 15.2 Å². The molecule has 4 heteroatoms. The molecular weight excluding hydrogens is 274 g/mol. The van der Waals surface area contributed by atoms with Gasteiger partial charge in [0.1, 0.15) is 0 Å². The lowest BCUT2D eigenvalue weighted by Crippen LogP contribution is -2.29. The molecule has 0 fully saturated rings. The van der Waals surface area contributed by atoms with Crippen molar-refractivity contribution in [3.8, 4) is 0 Å². The molecule has 86 valence electrons. The molecule has 1 heterocycles. The Morgan fingerprint density at radius 3 is 2.80 bits per heavy atom. The number of rotatable bonds is 6. The van der Waals surface area contributed by atoms with Crippen LogP contribution in [-0.4, -0.2) is 18.3 Å². The second kappa shape index (κ2) is 5.99. The van der Waals surface area contributed by atoms with Gasteiger partial charge in [0.15, 0.2) is 0 Å². The van der Waals surface area contributed by atoms with Crippen LogP contribution >= 0.6 is 27.3 Å². The molecule has 0 atom stereocenters. The molecule has 0 amide bonds. The number of aliphatic hydroxyl groups is 1. The van der Waals surface area contributed by atoms with Gasteiger partial charge in [-0.3, -0.25) is 0 Å². The highest BCUT2D eigenvalue weighted by molar-refractivity contribution is 9.11. The van der Waals surface area contributed by atoms with Crippen LogP contribution in [0.1, 0.15) is 25.8 Å². The molecule has 0 saturated carbocycles.